The van der Waals surface area contributed by atoms with Crippen molar-refractivity contribution >= 4 is 22.2 Å². The van der Waals surface area contributed by atoms with Crippen molar-refractivity contribution < 1.29 is 17.5 Å². The Morgan fingerprint density at radius 3 is 1.29 bits per heavy atom. The average molecular weight is 423 g/mol. The van der Waals surface area contributed by atoms with Gasteiger partial charge >= 0.3 is 0 Å². The molecule has 2 atom stereocenters. The van der Waals surface area contributed by atoms with Crippen LogP contribution in [0.25, 0.3) is 11.1 Å². The summed E-state index contributed by atoms with van der Waals surface area (Å²) in [5.41, 5.74) is 2.68. The molecule has 0 radical (unpaired) electrons. The van der Waals surface area contributed by atoms with Gasteiger partial charge in [0.05, 0.1) is 9.79 Å². The van der Waals surface area contributed by atoms with Crippen LogP contribution < -0.4 is 0 Å². The van der Waals surface area contributed by atoms with Crippen molar-refractivity contribution in [3.8, 4) is 11.1 Å². The van der Waals surface area contributed by atoms with E-state index in [1.165, 1.54) is 0 Å². The van der Waals surface area contributed by atoms with Crippen LogP contribution in [0.5, 0.6) is 0 Å². The Morgan fingerprint density at radius 1 is 0.714 bits per heavy atom. The molecule has 0 bridgehead atoms. The Hall–Kier alpha value is -1.34. The van der Waals surface area contributed by atoms with Crippen molar-refractivity contribution in [1.82, 2.24) is 0 Å². The number of rotatable bonds is 7. The Bertz CT molecular complexity index is 841. The van der Waals surface area contributed by atoms with E-state index in [2.05, 4.69) is 41.5 Å². The molecule has 4 nitrogen and oxygen atoms in total. The lowest BCUT2D eigenvalue weighted by molar-refractivity contribution is 0.503. The fourth-order valence-corrected chi connectivity index (χ4v) is 4.22. The summed E-state index contributed by atoms with van der Waals surface area (Å²) in [5.74, 6) is 0. The highest BCUT2D eigenvalue weighted by Crippen LogP contribution is 2.37. The molecule has 6 heteroatoms. The van der Waals surface area contributed by atoms with Crippen LogP contribution in [0.3, 0.4) is 0 Å². The maximum Gasteiger partial charge on any atom is 0.187 e. The van der Waals surface area contributed by atoms with Gasteiger partial charge in [-0.3, -0.25) is 0 Å². The van der Waals surface area contributed by atoms with Crippen LogP contribution >= 0.6 is 0 Å². The van der Waals surface area contributed by atoms with Gasteiger partial charge in [0, 0.05) is 11.1 Å². The zero-order chi connectivity index (χ0) is 21.3. The monoisotopic (exact) mass is 422 g/mol. The van der Waals surface area contributed by atoms with E-state index in [9.17, 15) is 17.5 Å². The SMILES string of the molecule is CCC(C)(C)c1ccc(-c2ccc(C(C)(C)CC)cc2S(=O)O)c(S(=O)O)c1. The first-order valence-electron chi connectivity index (χ1n) is 9.45. The van der Waals surface area contributed by atoms with Gasteiger partial charge in [-0.2, -0.15) is 0 Å². The Morgan fingerprint density at radius 2 is 1.04 bits per heavy atom. The lowest BCUT2D eigenvalue weighted by Crippen LogP contribution is -2.17. The standard InChI is InChI=1S/C22H30O4S2/c1-7-21(3,4)15-9-11-17(19(13-15)27(23)24)18-12-10-16(22(5,6)8-2)14-20(18)28(25)26/h9-14H,7-8H2,1-6H3,(H,23,24)(H,25,26). The molecule has 0 saturated heterocycles. The second-order valence-electron chi connectivity index (χ2n) is 8.40. The second kappa shape index (κ2) is 8.57. The predicted molar refractivity (Wildman–Crippen MR) is 117 cm³/mol. The molecule has 0 heterocycles. The number of benzene rings is 2. The summed E-state index contributed by atoms with van der Waals surface area (Å²) < 4.78 is 44.0. The van der Waals surface area contributed by atoms with Gasteiger partial charge in [0.15, 0.2) is 22.2 Å². The number of hydrogen-bond acceptors (Lipinski definition) is 2. The minimum absolute atomic E-state index is 0.135. The molecule has 0 aliphatic carbocycles. The van der Waals surface area contributed by atoms with Crippen LogP contribution in [-0.4, -0.2) is 17.5 Å². The van der Waals surface area contributed by atoms with E-state index in [-0.39, 0.29) is 20.6 Å². The third-order valence-corrected chi connectivity index (χ3v) is 7.39. The number of hydrogen-bond donors (Lipinski definition) is 2. The summed E-state index contributed by atoms with van der Waals surface area (Å²) in [5, 5.41) is 0. The van der Waals surface area contributed by atoms with Crippen LogP contribution in [0.15, 0.2) is 46.2 Å². The third-order valence-electron chi connectivity index (χ3n) is 5.96. The van der Waals surface area contributed by atoms with Gasteiger partial charge in [0.2, 0.25) is 0 Å². The molecule has 2 aromatic carbocycles. The van der Waals surface area contributed by atoms with Crippen molar-refractivity contribution in [3.63, 3.8) is 0 Å². The smallest absolute Gasteiger partial charge is 0.187 e. The summed E-state index contributed by atoms with van der Waals surface area (Å²) in [6.07, 6.45) is 1.77. The van der Waals surface area contributed by atoms with E-state index in [0.717, 1.165) is 24.0 Å². The summed E-state index contributed by atoms with van der Waals surface area (Å²) in [7, 11) is 0. The van der Waals surface area contributed by atoms with Gasteiger partial charge in [-0.15, -0.1) is 0 Å². The summed E-state index contributed by atoms with van der Waals surface area (Å²) in [4.78, 5) is 0.515. The highest BCUT2D eigenvalue weighted by Gasteiger charge is 2.25. The zero-order valence-electron chi connectivity index (χ0n) is 17.4. The topological polar surface area (TPSA) is 74.6 Å². The van der Waals surface area contributed by atoms with E-state index in [0.29, 0.717) is 11.1 Å². The molecular formula is C22H30O4S2. The maximum absolute atomic E-state index is 12.1. The van der Waals surface area contributed by atoms with E-state index in [1.807, 2.05) is 12.1 Å². The van der Waals surface area contributed by atoms with E-state index >= 15 is 0 Å². The molecule has 28 heavy (non-hydrogen) atoms. The molecule has 154 valence electrons. The largest absolute Gasteiger partial charge is 0.302 e. The predicted octanol–water partition coefficient (Wildman–Crippen LogP) is 5.89. The van der Waals surface area contributed by atoms with Crippen molar-refractivity contribution in [2.75, 3.05) is 0 Å². The van der Waals surface area contributed by atoms with Crippen LogP contribution in [0, 0.1) is 0 Å². The zero-order valence-corrected chi connectivity index (χ0v) is 19.0. The minimum atomic E-state index is -2.21. The van der Waals surface area contributed by atoms with Gasteiger partial charge in [0.1, 0.15) is 0 Å². The Labute approximate surface area is 173 Å². The summed E-state index contributed by atoms with van der Waals surface area (Å²) >= 11 is -4.43. The van der Waals surface area contributed by atoms with Gasteiger partial charge in [-0.25, -0.2) is 8.42 Å². The Balaban J connectivity index is 2.73. The van der Waals surface area contributed by atoms with E-state index in [4.69, 9.17) is 0 Å². The molecule has 0 aliphatic heterocycles. The van der Waals surface area contributed by atoms with Crippen molar-refractivity contribution in [1.29, 1.82) is 0 Å². The quantitative estimate of drug-likeness (QED) is 0.546. The molecule has 2 aromatic rings. The average Bonchev–Trinajstić information content (AvgIpc) is 2.66. The molecule has 0 amide bonds. The Kier molecular flexibility index (Phi) is 7.03. The third kappa shape index (κ3) is 4.62. The fraction of sp³-hybridized carbons (Fsp3) is 0.455. The fourth-order valence-electron chi connectivity index (χ4n) is 3.03. The minimum Gasteiger partial charge on any atom is -0.302 e. The van der Waals surface area contributed by atoms with Crippen LogP contribution in [-0.2, 0) is 33.0 Å². The maximum atomic E-state index is 12.1. The van der Waals surface area contributed by atoms with Crippen LogP contribution in [0.4, 0.5) is 0 Å². The highest BCUT2D eigenvalue weighted by atomic mass is 32.2. The van der Waals surface area contributed by atoms with E-state index < -0.39 is 22.2 Å². The molecule has 0 spiro atoms. The normalized spacial score (nSPS) is 14.7. The first-order chi connectivity index (χ1) is 12.9. The van der Waals surface area contributed by atoms with Gasteiger partial charge < -0.3 is 9.11 Å². The first-order valence-corrected chi connectivity index (χ1v) is 11.7. The van der Waals surface area contributed by atoms with Crippen molar-refractivity contribution in [2.45, 2.75) is 75.0 Å². The van der Waals surface area contributed by atoms with Gasteiger partial charge in [-0.05, 0) is 46.9 Å². The molecule has 0 aliphatic rings. The highest BCUT2D eigenvalue weighted by molar-refractivity contribution is 7.79. The first kappa shape index (κ1) is 22.9. The van der Waals surface area contributed by atoms with Crippen molar-refractivity contribution in [3.05, 3.63) is 47.5 Å². The molecule has 0 fully saturated rings. The van der Waals surface area contributed by atoms with Crippen LogP contribution in [0.1, 0.15) is 65.5 Å². The van der Waals surface area contributed by atoms with Gasteiger partial charge in [0.25, 0.3) is 0 Å². The van der Waals surface area contributed by atoms with Crippen LogP contribution in [0.2, 0.25) is 0 Å². The summed E-state index contributed by atoms with van der Waals surface area (Å²) in [6, 6.07) is 10.9. The lowest BCUT2D eigenvalue weighted by Gasteiger charge is -2.26. The molecule has 0 saturated carbocycles. The molecule has 2 N–H and O–H groups in total. The molecule has 2 rings (SSSR count). The molecule has 0 aromatic heterocycles. The van der Waals surface area contributed by atoms with E-state index in [1.54, 1.807) is 24.3 Å². The second-order valence-corrected chi connectivity index (χ2v) is 10.3. The molecular weight excluding hydrogens is 392 g/mol. The van der Waals surface area contributed by atoms with Crippen molar-refractivity contribution in [2.24, 2.45) is 0 Å². The summed E-state index contributed by atoms with van der Waals surface area (Å²) in [6.45, 7) is 12.5. The molecule has 2 unspecified atom stereocenters. The van der Waals surface area contributed by atoms with Gasteiger partial charge in [-0.1, -0.05) is 65.8 Å². The lowest BCUT2D eigenvalue weighted by atomic mass is 9.81.